The van der Waals surface area contributed by atoms with Crippen LogP contribution in [0.5, 0.6) is 0 Å². The number of aromatic nitrogens is 1. The van der Waals surface area contributed by atoms with Gasteiger partial charge in [0.25, 0.3) is 10.0 Å². The van der Waals surface area contributed by atoms with Crippen molar-refractivity contribution < 1.29 is 27.5 Å². The van der Waals surface area contributed by atoms with E-state index in [-0.39, 0.29) is 21.9 Å². The molecule has 3 rings (SSSR count). The molecule has 33 heavy (non-hydrogen) atoms. The van der Waals surface area contributed by atoms with E-state index in [2.05, 4.69) is 9.71 Å². The van der Waals surface area contributed by atoms with Gasteiger partial charge >= 0.3 is 5.97 Å². The number of Topliss-reactive ketones (excluding diaryl/α,β-unsaturated/α-hetero) is 2. The van der Waals surface area contributed by atoms with E-state index >= 15 is 0 Å². The first kappa shape index (κ1) is 23.9. The molecule has 1 aromatic heterocycles. The van der Waals surface area contributed by atoms with Crippen molar-refractivity contribution in [3.63, 3.8) is 0 Å². The summed E-state index contributed by atoms with van der Waals surface area (Å²) in [5.41, 5.74) is 2.96. The molecule has 0 aliphatic carbocycles. The minimum Gasteiger partial charge on any atom is -0.454 e. The molecule has 0 unspecified atom stereocenters. The first-order valence-corrected chi connectivity index (χ1v) is 11.6. The fraction of sp³-hybridized carbons (Fsp3) is 0.208. The summed E-state index contributed by atoms with van der Waals surface area (Å²) in [7, 11) is -3.94. The van der Waals surface area contributed by atoms with Crippen LogP contribution in [-0.4, -0.2) is 37.5 Å². The standard InChI is InChI=1S/C24H24N2O6S/c1-14-7-5-9-19(11-14)26-33(30,31)20-10-6-8-18(12-20)24(29)32-13-21(28)23-15(2)22(17(4)27)16(3)25-23/h5-12,25-26H,13H2,1-4H3. The number of ketones is 2. The Morgan fingerprint density at radius 3 is 2.33 bits per heavy atom. The molecule has 2 aromatic carbocycles. The van der Waals surface area contributed by atoms with Crippen LogP contribution in [0.2, 0.25) is 0 Å². The molecule has 2 N–H and O–H groups in total. The number of benzene rings is 2. The molecule has 0 bridgehead atoms. The zero-order valence-corrected chi connectivity index (χ0v) is 19.5. The number of hydrogen-bond donors (Lipinski definition) is 2. The Hall–Kier alpha value is -3.72. The van der Waals surface area contributed by atoms with Crippen molar-refractivity contribution in [3.8, 4) is 0 Å². The van der Waals surface area contributed by atoms with Gasteiger partial charge in [-0.2, -0.15) is 0 Å². The Balaban J connectivity index is 1.73. The van der Waals surface area contributed by atoms with Gasteiger partial charge in [0.15, 0.2) is 12.4 Å². The van der Waals surface area contributed by atoms with E-state index in [1.165, 1.54) is 31.2 Å². The zero-order chi connectivity index (χ0) is 24.3. The van der Waals surface area contributed by atoms with Crippen LogP contribution in [-0.2, 0) is 14.8 Å². The quantitative estimate of drug-likeness (QED) is 0.381. The van der Waals surface area contributed by atoms with Gasteiger partial charge in [0.2, 0.25) is 5.78 Å². The maximum absolute atomic E-state index is 12.7. The van der Waals surface area contributed by atoms with E-state index in [9.17, 15) is 22.8 Å². The van der Waals surface area contributed by atoms with E-state index in [0.717, 1.165) is 5.56 Å². The van der Waals surface area contributed by atoms with Gasteiger partial charge in [0.1, 0.15) is 0 Å². The highest BCUT2D eigenvalue weighted by atomic mass is 32.2. The van der Waals surface area contributed by atoms with Crippen LogP contribution in [0, 0.1) is 20.8 Å². The Kier molecular flexibility index (Phi) is 6.83. The highest BCUT2D eigenvalue weighted by molar-refractivity contribution is 7.92. The lowest BCUT2D eigenvalue weighted by Gasteiger charge is -2.10. The molecule has 0 amide bonds. The molecule has 9 heteroatoms. The fourth-order valence-corrected chi connectivity index (χ4v) is 4.65. The number of hydrogen-bond acceptors (Lipinski definition) is 6. The predicted molar refractivity (Wildman–Crippen MR) is 123 cm³/mol. The number of carbonyl (C=O) groups is 3. The van der Waals surface area contributed by atoms with Crippen LogP contribution in [0.4, 0.5) is 5.69 Å². The van der Waals surface area contributed by atoms with E-state index in [1.807, 2.05) is 13.0 Å². The molecule has 3 aromatic rings. The highest BCUT2D eigenvalue weighted by Gasteiger charge is 2.22. The zero-order valence-electron chi connectivity index (χ0n) is 18.7. The van der Waals surface area contributed by atoms with Crippen LogP contribution < -0.4 is 4.72 Å². The summed E-state index contributed by atoms with van der Waals surface area (Å²) in [6.45, 7) is 6.02. The molecule has 172 valence electrons. The number of esters is 1. The van der Waals surface area contributed by atoms with Gasteiger partial charge in [0.05, 0.1) is 16.2 Å². The monoisotopic (exact) mass is 468 g/mol. The smallest absolute Gasteiger partial charge is 0.338 e. The van der Waals surface area contributed by atoms with Gasteiger partial charge in [-0.05, 0) is 69.2 Å². The lowest BCUT2D eigenvalue weighted by Crippen LogP contribution is -2.17. The summed E-state index contributed by atoms with van der Waals surface area (Å²) >= 11 is 0. The average Bonchev–Trinajstić information content (AvgIpc) is 3.05. The molecule has 0 radical (unpaired) electrons. The number of rotatable bonds is 8. The molecule has 0 aliphatic rings. The van der Waals surface area contributed by atoms with E-state index < -0.39 is 28.4 Å². The summed E-state index contributed by atoms with van der Waals surface area (Å²) < 4.78 is 33.0. The summed E-state index contributed by atoms with van der Waals surface area (Å²) in [4.78, 5) is 39.5. The van der Waals surface area contributed by atoms with E-state index in [1.54, 1.807) is 32.0 Å². The first-order valence-electron chi connectivity index (χ1n) is 10.1. The number of anilines is 1. The van der Waals surface area contributed by atoms with Crippen LogP contribution in [0.15, 0.2) is 53.4 Å². The minimum absolute atomic E-state index is 0.0151. The number of H-pyrrole nitrogens is 1. The number of carbonyl (C=O) groups excluding carboxylic acids is 3. The van der Waals surface area contributed by atoms with Gasteiger partial charge in [0, 0.05) is 16.9 Å². The van der Waals surface area contributed by atoms with E-state index in [4.69, 9.17) is 4.74 Å². The number of aromatic amines is 1. The summed E-state index contributed by atoms with van der Waals surface area (Å²) in [5.74, 6) is -1.51. The van der Waals surface area contributed by atoms with Gasteiger partial charge in [-0.3, -0.25) is 14.3 Å². The van der Waals surface area contributed by atoms with Crippen molar-refractivity contribution in [2.45, 2.75) is 32.6 Å². The van der Waals surface area contributed by atoms with Crippen molar-refractivity contribution in [1.29, 1.82) is 0 Å². The topological polar surface area (TPSA) is 122 Å². The first-order chi connectivity index (χ1) is 15.5. The Labute approximate surface area is 192 Å². The third-order valence-corrected chi connectivity index (χ3v) is 6.43. The number of nitrogens with one attached hydrogen (secondary N) is 2. The summed E-state index contributed by atoms with van der Waals surface area (Å²) in [5, 5.41) is 0. The van der Waals surface area contributed by atoms with Crippen molar-refractivity contribution >= 4 is 33.2 Å². The van der Waals surface area contributed by atoms with Gasteiger partial charge in [-0.15, -0.1) is 0 Å². The van der Waals surface area contributed by atoms with Gasteiger partial charge in [-0.25, -0.2) is 13.2 Å². The molecule has 0 aliphatic heterocycles. The predicted octanol–water partition coefficient (Wildman–Crippen LogP) is 3.98. The highest BCUT2D eigenvalue weighted by Crippen LogP contribution is 2.20. The maximum Gasteiger partial charge on any atom is 0.338 e. The third kappa shape index (κ3) is 5.38. The van der Waals surface area contributed by atoms with E-state index in [0.29, 0.717) is 22.5 Å². The van der Waals surface area contributed by atoms with Crippen LogP contribution in [0.3, 0.4) is 0 Å². The Bertz CT molecular complexity index is 1360. The van der Waals surface area contributed by atoms with Crippen LogP contribution >= 0.6 is 0 Å². The number of sulfonamides is 1. The molecular formula is C24H24N2O6S. The molecule has 1 heterocycles. The molecule has 0 saturated carbocycles. The minimum atomic E-state index is -3.94. The van der Waals surface area contributed by atoms with Crippen molar-refractivity contribution in [1.82, 2.24) is 4.98 Å². The van der Waals surface area contributed by atoms with Crippen molar-refractivity contribution in [2.24, 2.45) is 0 Å². The Morgan fingerprint density at radius 1 is 1.00 bits per heavy atom. The molecule has 0 saturated heterocycles. The molecule has 0 atom stereocenters. The average molecular weight is 469 g/mol. The summed E-state index contributed by atoms with van der Waals surface area (Å²) in [6, 6.07) is 12.2. The van der Waals surface area contributed by atoms with Gasteiger partial charge in [-0.1, -0.05) is 18.2 Å². The second-order valence-corrected chi connectivity index (χ2v) is 9.37. The summed E-state index contributed by atoms with van der Waals surface area (Å²) in [6.07, 6.45) is 0. The fourth-order valence-electron chi connectivity index (χ4n) is 3.56. The molecule has 0 fully saturated rings. The molecule has 0 spiro atoms. The number of ether oxygens (including phenoxy) is 1. The maximum atomic E-state index is 12.7. The lowest BCUT2D eigenvalue weighted by molar-refractivity contribution is 0.0473. The normalized spacial score (nSPS) is 11.2. The Morgan fingerprint density at radius 2 is 1.70 bits per heavy atom. The molecule has 8 nitrogen and oxygen atoms in total. The van der Waals surface area contributed by atoms with Crippen molar-refractivity contribution in [2.75, 3.05) is 11.3 Å². The third-order valence-electron chi connectivity index (χ3n) is 5.05. The SMILES string of the molecule is CC(=O)c1c(C)[nH]c(C(=O)COC(=O)c2cccc(S(=O)(=O)Nc3cccc(C)c3)c2)c1C. The van der Waals surface area contributed by atoms with Gasteiger partial charge < -0.3 is 9.72 Å². The van der Waals surface area contributed by atoms with Crippen LogP contribution in [0.25, 0.3) is 0 Å². The molecular weight excluding hydrogens is 444 g/mol. The number of aryl methyl sites for hydroxylation is 2. The lowest BCUT2D eigenvalue weighted by atomic mass is 10.1. The second kappa shape index (κ2) is 9.41. The van der Waals surface area contributed by atoms with Crippen molar-refractivity contribution in [3.05, 3.63) is 82.2 Å². The second-order valence-electron chi connectivity index (χ2n) is 7.68. The van der Waals surface area contributed by atoms with Crippen LogP contribution in [0.1, 0.15) is 54.9 Å². The largest absolute Gasteiger partial charge is 0.454 e.